The maximum atomic E-state index is 5.81. The van der Waals surface area contributed by atoms with Crippen LogP contribution in [0.3, 0.4) is 0 Å². The Morgan fingerprint density at radius 3 is 2.53 bits per heavy atom. The van der Waals surface area contributed by atoms with Crippen molar-refractivity contribution in [3.8, 4) is 11.4 Å². The summed E-state index contributed by atoms with van der Waals surface area (Å²) < 4.78 is 1.71. The number of hydrogen-bond donors (Lipinski definition) is 1. The molecule has 0 fully saturated rings. The van der Waals surface area contributed by atoms with Crippen LogP contribution < -0.4 is 5.73 Å². The normalized spacial score (nSPS) is 10.6. The van der Waals surface area contributed by atoms with Gasteiger partial charge in [-0.3, -0.25) is 0 Å². The van der Waals surface area contributed by atoms with Crippen LogP contribution in [0.5, 0.6) is 0 Å². The van der Waals surface area contributed by atoms with Crippen LogP contribution in [-0.4, -0.2) is 14.8 Å². The Morgan fingerprint density at radius 1 is 1.33 bits per heavy atom. The quantitative estimate of drug-likeness (QED) is 0.840. The van der Waals surface area contributed by atoms with Crippen molar-refractivity contribution in [2.24, 2.45) is 12.8 Å². The topological polar surface area (TPSA) is 56.7 Å². The minimum absolute atomic E-state index is 0.349. The summed E-state index contributed by atoms with van der Waals surface area (Å²) >= 11 is 5.81. The van der Waals surface area contributed by atoms with E-state index in [1.807, 2.05) is 31.3 Å². The maximum absolute atomic E-state index is 5.81. The van der Waals surface area contributed by atoms with Crippen molar-refractivity contribution in [1.82, 2.24) is 14.8 Å². The fourth-order valence-corrected chi connectivity index (χ4v) is 1.50. The predicted molar refractivity (Wildman–Crippen MR) is 59.3 cm³/mol. The van der Waals surface area contributed by atoms with Crippen LogP contribution in [0, 0.1) is 0 Å². The number of aromatic nitrogens is 3. The van der Waals surface area contributed by atoms with Crippen LogP contribution in [0.1, 0.15) is 5.82 Å². The number of halogens is 1. The number of benzene rings is 1. The largest absolute Gasteiger partial charge is 0.324 e. The van der Waals surface area contributed by atoms with Gasteiger partial charge in [-0.2, -0.15) is 5.10 Å². The van der Waals surface area contributed by atoms with Crippen LogP contribution in [0.15, 0.2) is 24.3 Å². The van der Waals surface area contributed by atoms with E-state index in [1.54, 1.807) is 4.68 Å². The molecule has 0 aliphatic heterocycles. The van der Waals surface area contributed by atoms with E-state index < -0.39 is 0 Å². The first kappa shape index (κ1) is 10.1. The van der Waals surface area contributed by atoms with Crippen LogP contribution in [0.2, 0.25) is 5.02 Å². The first-order valence-electron chi connectivity index (χ1n) is 4.56. The second-order valence-electron chi connectivity index (χ2n) is 3.19. The molecule has 0 radical (unpaired) electrons. The van der Waals surface area contributed by atoms with Crippen molar-refractivity contribution in [2.45, 2.75) is 6.54 Å². The Hall–Kier alpha value is -1.39. The number of aryl methyl sites for hydroxylation is 1. The Bertz CT molecular complexity index is 461. The van der Waals surface area contributed by atoms with Crippen LogP contribution in [0.25, 0.3) is 11.4 Å². The molecule has 0 amide bonds. The molecule has 4 nitrogen and oxygen atoms in total. The zero-order valence-corrected chi connectivity index (χ0v) is 9.07. The summed E-state index contributed by atoms with van der Waals surface area (Å²) in [5.41, 5.74) is 6.46. The van der Waals surface area contributed by atoms with E-state index in [0.29, 0.717) is 17.4 Å². The molecule has 0 saturated heterocycles. The van der Waals surface area contributed by atoms with E-state index >= 15 is 0 Å². The third kappa shape index (κ3) is 2.00. The first-order valence-corrected chi connectivity index (χ1v) is 4.94. The Balaban J connectivity index is 2.44. The molecule has 0 aliphatic rings. The van der Waals surface area contributed by atoms with Crippen molar-refractivity contribution in [3.63, 3.8) is 0 Å². The fourth-order valence-electron chi connectivity index (χ4n) is 1.37. The van der Waals surface area contributed by atoms with Crippen LogP contribution in [0.4, 0.5) is 0 Å². The summed E-state index contributed by atoms with van der Waals surface area (Å²) in [6.45, 7) is 0.349. The second kappa shape index (κ2) is 4.00. The highest BCUT2D eigenvalue weighted by molar-refractivity contribution is 6.30. The van der Waals surface area contributed by atoms with Gasteiger partial charge in [0, 0.05) is 17.6 Å². The third-order valence-electron chi connectivity index (χ3n) is 2.09. The van der Waals surface area contributed by atoms with Gasteiger partial charge in [0.05, 0.1) is 6.54 Å². The zero-order chi connectivity index (χ0) is 10.8. The molecule has 5 heteroatoms. The van der Waals surface area contributed by atoms with E-state index in [9.17, 15) is 0 Å². The molecule has 1 aromatic heterocycles. The van der Waals surface area contributed by atoms with Gasteiger partial charge in [0.15, 0.2) is 11.6 Å². The first-order chi connectivity index (χ1) is 7.20. The predicted octanol–water partition coefficient (Wildman–Crippen LogP) is 1.59. The molecule has 78 valence electrons. The average molecular weight is 223 g/mol. The molecule has 2 N–H and O–H groups in total. The van der Waals surface area contributed by atoms with E-state index in [0.717, 1.165) is 11.4 Å². The second-order valence-corrected chi connectivity index (χ2v) is 3.62. The van der Waals surface area contributed by atoms with Gasteiger partial charge in [0.25, 0.3) is 0 Å². The summed E-state index contributed by atoms with van der Waals surface area (Å²) in [4.78, 5) is 4.31. The lowest BCUT2D eigenvalue weighted by molar-refractivity contribution is 0.749. The molecule has 15 heavy (non-hydrogen) atoms. The van der Waals surface area contributed by atoms with Crippen LogP contribution >= 0.6 is 11.6 Å². The van der Waals surface area contributed by atoms with E-state index in [-0.39, 0.29) is 0 Å². The summed E-state index contributed by atoms with van der Waals surface area (Å²) in [6, 6.07) is 7.47. The molecule has 2 aromatic rings. The molecule has 0 aliphatic carbocycles. The lowest BCUT2D eigenvalue weighted by atomic mass is 10.2. The van der Waals surface area contributed by atoms with Crippen molar-refractivity contribution in [1.29, 1.82) is 0 Å². The zero-order valence-electron chi connectivity index (χ0n) is 8.31. The van der Waals surface area contributed by atoms with Gasteiger partial charge < -0.3 is 5.73 Å². The molecule has 0 bridgehead atoms. The van der Waals surface area contributed by atoms with Crippen LogP contribution in [-0.2, 0) is 13.6 Å². The van der Waals surface area contributed by atoms with Crippen molar-refractivity contribution < 1.29 is 0 Å². The number of hydrogen-bond acceptors (Lipinski definition) is 3. The lowest BCUT2D eigenvalue weighted by Crippen LogP contribution is -1.99. The molecule has 0 atom stereocenters. The standard InChI is InChI=1S/C10H11ClN4/c1-15-10(13-9(6-12)14-15)7-2-4-8(11)5-3-7/h2-5H,6,12H2,1H3. The Labute approximate surface area is 92.7 Å². The lowest BCUT2D eigenvalue weighted by Gasteiger charge is -1.99. The highest BCUT2D eigenvalue weighted by atomic mass is 35.5. The summed E-state index contributed by atoms with van der Waals surface area (Å²) in [6.07, 6.45) is 0. The Morgan fingerprint density at radius 2 is 2.00 bits per heavy atom. The van der Waals surface area contributed by atoms with Gasteiger partial charge in [0.1, 0.15) is 0 Å². The van der Waals surface area contributed by atoms with Gasteiger partial charge in [0.2, 0.25) is 0 Å². The number of nitrogens with two attached hydrogens (primary N) is 1. The Kier molecular flexibility index (Phi) is 2.70. The molecule has 1 heterocycles. The highest BCUT2D eigenvalue weighted by Crippen LogP contribution is 2.19. The highest BCUT2D eigenvalue weighted by Gasteiger charge is 2.07. The monoisotopic (exact) mass is 222 g/mol. The molecule has 0 unspecified atom stereocenters. The molecule has 0 saturated carbocycles. The third-order valence-corrected chi connectivity index (χ3v) is 2.34. The average Bonchev–Trinajstić information content (AvgIpc) is 2.61. The minimum Gasteiger partial charge on any atom is -0.324 e. The number of nitrogens with zero attached hydrogens (tertiary/aromatic N) is 3. The molecule has 1 aromatic carbocycles. The van der Waals surface area contributed by atoms with Crippen molar-refractivity contribution in [3.05, 3.63) is 35.1 Å². The fraction of sp³-hybridized carbons (Fsp3) is 0.200. The molecule has 2 rings (SSSR count). The smallest absolute Gasteiger partial charge is 0.164 e. The van der Waals surface area contributed by atoms with Gasteiger partial charge in [-0.25, -0.2) is 9.67 Å². The maximum Gasteiger partial charge on any atom is 0.164 e. The summed E-state index contributed by atoms with van der Waals surface area (Å²) in [5.74, 6) is 1.44. The van der Waals surface area contributed by atoms with E-state index in [4.69, 9.17) is 17.3 Å². The van der Waals surface area contributed by atoms with Crippen molar-refractivity contribution >= 4 is 11.6 Å². The van der Waals surface area contributed by atoms with Crippen molar-refractivity contribution in [2.75, 3.05) is 0 Å². The molecular weight excluding hydrogens is 212 g/mol. The SMILES string of the molecule is Cn1nc(CN)nc1-c1ccc(Cl)cc1. The summed E-state index contributed by atoms with van der Waals surface area (Å²) in [5, 5.41) is 4.88. The minimum atomic E-state index is 0.349. The van der Waals surface area contributed by atoms with Gasteiger partial charge in [-0.05, 0) is 24.3 Å². The van der Waals surface area contributed by atoms with Gasteiger partial charge in [-0.1, -0.05) is 11.6 Å². The van der Waals surface area contributed by atoms with Gasteiger partial charge >= 0.3 is 0 Å². The van der Waals surface area contributed by atoms with E-state index in [1.165, 1.54) is 0 Å². The molecular formula is C10H11ClN4. The summed E-state index contributed by atoms with van der Waals surface area (Å²) in [7, 11) is 1.84. The number of rotatable bonds is 2. The van der Waals surface area contributed by atoms with Gasteiger partial charge in [-0.15, -0.1) is 0 Å². The van der Waals surface area contributed by atoms with E-state index in [2.05, 4.69) is 10.1 Å². The molecule has 0 spiro atoms.